The second kappa shape index (κ2) is 9.37. The lowest BCUT2D eigenvalue weighted by Crippen LogP contribution is -2.39. The van der Waals surface area contributed by atoms with Gasteiger partial charge < -0.3 is 4.74 Å². The number of benzene rings is 2. The van der Waals surface area contributed by atoms with Crippen LogP contribution in [0.3, 0.4) is 0 Å². The summed E-state index contributed by atoms with van der Waals surface area (Å²) in [6, 6.07) is 20.9. The van der Waals surface area contributed by atoms with E-state index in [0.717, 1.165) is 21.6 Å². The maximum absolute atomic E-state index is 13.7. The first-order valence-corrected chi connectivity index (χ1v) is 12.6. The maximum atomic E-state index is 13.7. The number of aromatic nitrogens is 1. The fourth-order valence-electron chi connectivity index (χ4n) is 3.97. The number of carbonyl (C=O) groups excluding carboxylic acids is 1. The number of thiophene rings is 1. The predicted octanol–water partition coefficient (Wildman–Crippen LogP) is 4.31. The van der Waals surface area contributed by atoms with Gasteiger partial charge in [0, 0.05) is 10.4 Å². The maximum Gasteiger partial charge on any atom is 0.338 e. The molecule has 1 atom stereocenters. The Morgan fingerprint density at radius 2 is 1.85 bits per heavy atom. The number of hydrogen-bond acceptors (Lipinski definition) is 6. The molecule has 0 saturated heterocycles. The van der Waals surface area contributed by atoms with Crippen LogP contribution in [0.25, 0.3) is 11.8 Å². The van der Waals surface area contributed by atoms with Gasteiger partial charge >= 0.3 is 5.97 Å². The van der Waals surface area contributed by atoms with Crippen LogP contribution in [-0.4, -0.2) is 17.1 Å². The monoisotopic (exact) mass is 486 g/mol. The van der Waals surface area contributed by atoms with Gasteiger partial charge in [-0.05, 0) is 36.9 Å². The zero-order valence-electron chi connectivity index (χ0n) is 18.7. The average Bonchev–Trinajstić information content (AvgIpc) is 3.49. The van der Waals surface area contributed by atoms with Gasteiger partial charge in [-0.2, -0.15) is 0 Å². The molecule has 3 heterocycles. The van der Waals surface area contributed by atoms with Crippen molar-refractivity contribution in [1.29, 1.82) is 0 Å². The largest absolute Gasteiger partial charge is 0.463 e. The Balaban J connectivity index is 1.81. The van der Waals surface area contributed by atoms with E-state index in [9.17, 15) is 9.59 Å². The number of carbonyl (C=O) groups is 1. The Morgan fingerprint density at radius 1 is 1.09 bits per heavy atom. The van der Waals surface area contributed by atoms with Crippen LogP contribution < -0.4 is 14.9 Å². The van der Waals surface area contributed by atoms with Crippen molar-refractivity contribution in [2.45, 2.75) is 19.9 Å². The molecular formula is C27H22N2O3S2. The van der Waals surface area contributed by atoms with Crippen molar-refractivity contribution in [3.8, 4) is 0 Å². The molecule has 0 bridgehead atoms. The minimum absolute atomic E-state index is 0.170. The Morgan fingerprint density at radius 3 is 2.53 bits per heavy atom. The molecule has 4 aromatic rings. The molecule has 170 valence electrons. The number of hydrogen-bond donors (Lipinski definition) is 0. The lowest BCUT2D eigenvalue weighted by molar-refractivity contribution is -0.138. The van der Waals surface area contributed by atoms with Gasteiger partial charge in [-0.25, -0.2) is 9.79 Å². The normalized spacial score (nSPS) is 15.7. The van der Waals surface area contributed by atoms with Crippen LogP contribution in [0.2, 0.25) is 0 Å². The van der Waals surface area contributed by atoms with Crippen molar-refractivity contribution in [3.63, 3.8) is 0 Å². The van der Waals surface area contributed by atoms with E-state index in [1.807, 2.05) is 85.1 Å². The third-order valence-corrected chi connectivity index (χ3v) is 7.47. The predicted molar refractivity (Wildman–Crippen MR) is 137 cm³/mol. The van der Waals surface area contributed by atoms with Crippen LogP contribution in [0, 0.1) is 6.92 Å². The first kappa shape index (κ1) is 22.3. The lowest BCUT2D eigenvalue weighted by atomic mass is 9.97. The summed E-state index contributed by atoms with van der Waals surface area (Å²) in [7, 11) is 0. The van der Waals surface area contributed by atoms with E-state index < -0.39 is 12.0 Å². The summed E-state index contributed by atoms with van der Waals surface area (Å²) in [6.45, 7) is 4.04. The van der Waals surface area contributed by atoms with Crippen molar-refractivity contribution in [1.82, 2.24) is 4.57 Å². The lowest BCUT2D eigenvalue weighted by Gasteiger charge is -2.24. The molecule has 2 aromatic carbocycles. The van der Waals surface area contributed by atoms with Gasteiger partial charge in [-0.1, -0.05) is 77.6 Å². The zero-order valence-corrected chi connectivity index (χ0v) is 20.4. The third kappa shape index (κ3) is 4.08. The molecule has 5 nitrogen and oxygen atoms in total. The molecule has 34 heavy (non-hydrogen) atoms. The van der Waals surface area contributed by atoms with Crippen LogP contribution in [-0.2, 0) is 9.53 Å². The zero-order chi connectivity index (χ0) is 23.7. The quantitative estimate of drug-likeness (QED) is 0.395. The van der Waals surface area contributed by atoms with E-state index in [4.69, 9.17) is 9.73 Å². The fourth-order valence-corrected chi connectivity index (χ4v) is 5.79. The molecule has 0 saturated carbocycles. The number of thiazole rings is 1. The summed E-state index contributed by atoms with van der Waals surface area (Å²) in [6.07, 6.45) is 1.88. The summed E-state index contributed by atoms with van der Waals surface area (Å²) in [5, 5.41) is 1.95. The number of fused-ring (bicyclic) bond motifs is 1. The molecule has 2 aromatic heterocycles. The molecule has 0 fully saturated rings. The highest BCUT2D eigenvalue weighted by Crippen LogP contribution is 2.36. The van der Waals surface area contributed by atoms with Gasteiger partial charge in [-0.15, -0.1) is 11.3 Å². The molecule has 0 amide bonds. The van der Waals surface area contributed by atoms with Gasteiger partial charge in [0.1, 0.15) is 6.04 Å². The van der Waals surface area contributed by atoms with Crippen molar-refractivity contribution in [2.75, 3.05) is 6.61 Å². The first-order chi connectivity index (χ1) is 16.6. The molecule has 0 aliphatic carbocycles. The van der Waals surface area contributed by atoms with E-state index in [2.05, 4.69) is 0 Å². The molecular weight excluding hydrogens is 464 g/mol. The summed E-state index contributed by atoms with van der Waals surface area (Å²) < 4.78 is 7.66. The number of esters is 1. The summed E-state index contributed by atoms with van der Waals surface area (Å²) >= 11 is 2.84. The summed E-state index contributed by atoms with van der Waals surface area (Å²) in [5.41, 5.74) is 3.66. The summed E-state index contributed by atoms with van der Waals surface area (Å²) in [4.78, 5) is 33.2. The third-order valence-electron chi connectivity index (χ3n) is 5.56. The van der Waals surface area contributed by atoms with Gasteiger partial charge in [0.15, 0.2) is 4.80 Å². The van der Waals surface area contributed by atoms with E-state index in [0.29, 0.717) is 20.6 Å². The molecule has 0 radical (unpaired) electrons. The molecule has 0 unspecified atom stereocenters. The minimum Gasteiger partial charge on any atom is -0.463 e. The van der Waals surface area contributed by atoms with Gasteiger partial charge in [0.25, 0.3) is 5.56 Å². The highest BCUT2D eigenvalue weighted by Gasteiger charge is 2.35. The second-order valence-electron chi connectivity index (χ2n) is 7.86. The molecule has 0 N–H and O–H groups in total. The van der Waals surface area contributed by atoms with Crippen molar-refractivity contribution < 1.29 is 9.53 Å². The Bertz CT molecular complexity index is 1540. The van der Waals surface area contributed by atoms with Crippen LogP contribution in [0.1, 0.15) is 34.5 Å². The molecule has 1 aliphatic rings. The van der Waals surface area contributed by atoms with E-state index in [-0.39, 0.29) is 12.2 Å². The number of aryl methyl sites for hydroxylation is 1. The Labute approximate surface area is 204 Å². The number of ether oxygens (including phenoxy) is 1. The van der Waals surface area contributed by atoms with Gasteiger partial charge in [0.05, 0.1) is 22.4 Å². The SMILES string of the molecule is CCOC(=O)C1=C(c2ccccc2)N=c2s/c(=C\c3ccc(C)cc3)c(=O)n2[C@@H]1c1cccs1. The average molecular weight is 487 g/mol. The number of rotatable bonds is 5. The van der Waals surface area contributed by atoms with Crippen molar-refractivity contribution >= 4 is 40.4 Å². The van der Waals surface area contributed by atoms with E-state index in [1.165, 1.54) is 22.7 Å². The van der Waals surface area contributed by atoms with Crippen LogP contribution >= 0.6 is 22.7 Å². The smallest absolute Gasteiger partial charge is 0.338 e. The van der Waals surface area contributed by atoms with Gasteiger partial charge in [0.2, 0.25) is 0 Å². The van der Waals surface area contributed by atoms with Crippen molar-refractivity contribution in [2.24, 2.45) is 4.99 Å². The molecule has 7 heteroatoms. The Kier molecular flexibility index (Phi) is 6.13. The van der Waals surface area contributed by atoms with E-state index >= 15 is 0 Å². The van der Waals surface area contributed by atoms with Crippen LogP contribution in [0.4, 0.5) is 0 Å². The number of nitrogens with zero attached hydrogens (tertiary/aromatic N) is 2. The highest BCUT2D eigenvalue weighted by molar-refractivity contribution is 7.10. The molecule has 1 aliphatic heterocycles. The summed E-state index contributed by atoms with van der Waals surface area (Å²) in [5.74, 6) is -0.462. The van der Waals surface area contributed by atoms with Crippen molar-refractivity contribution in [3.05, 3.63) is 119 Å². The minimum atomic E-state index is -0.606. The topological polar surface area (TPSA) is 60.7 Å². The fraction of sp³-hybridized carbons (Fsp3) is 0.148. The van der Waals surface area contributed by atoms with E-state index in [1.54, 1.807) is 11.5 Å². The van der Waals surface area contributed by atoms with Gasteiger partial charge in [-0.3, -0.25) is 9.36 Å². The molecule has 0 spiro atoms. The Hall–Kier alpha value is -3.55. The van der Waals surface area contributed by atoms with Crippen LogP contribution in [0.15, 0.2) is 87.5 Å². The van der Waals surface area contributed by atoms with Crippen LogP contribution in [0.5, 0.6) is 0 Å². The molecule has 5 rings (SSSR count). The highest BCUT2D eigenvalue weighted by atomic mass is 32.1. The standard InChI is InChI=1S/C27H22N2O3S2/c1-3-32-26(31)22-23(19-8-5-4-6-9-19)28-27-29(24(22)20-10-7-15-33-20)25(30)21(34-27)16-18-13-11-17(2)12-14-18/h4-16,24H,3H2,1-2H3/b21-16-/t24-/m1/s1. The second-order valence-corrected chi connectivity index (χ2v) is 9.85. The first-order valence-electron chi connectivity index (χ1n) is 11.0.